The molecule has 0 radical (unpaired) electrons. The SMILES string of the molecule is COc1ccc(C2=C(O)C(=O)N(Cc3ccco3)C2=O)cc1OC. The number of carbonyl (C=O) groups is 2. The van der Waals surface area contributed by atoms with E-state index in [4.69, 9.17) is 13.9 Å². The van der Waals surface area contributed by atoms with Gasteiger partial charge in [0.1, 0.15) is 5.76 Å². The van der Waals surface area contributed by atoms with Gasteiger partial charge in [-0.2, -0.15) is 0 Å². The number of carbonyl (C=O) groups excluding carboxylic acids is 2. The van der Waals surface area contributed by atoms with Crippen molar-refractivity contribution in [2.75, 3.05) is 14.2 Å². The maximum Gasteiger partial charge on any atom is 0.296 e. The van der Waals surface area contributed by atoms with Crippen LogP contribution in [0.1, 0.15) is 11.3 Å². The second-order valence-corrected chi connectivity index (χ2v) is 5.07. The van der Waals surface area contributed by atoms with Crippen molar-refractivity contribution in [3.63, 3.8) is 0 Å². The van der Waals surface area contributed by atoms with Gasteiger partial charge in [-0.25, -0.2) is 0 Å². The summed E-state index contributed by atoms with van der Waals surface area (Å²) < 4.78 is 15.5. The summed E-state index contributed by atoms with van der Waals surface area (Å²) in [4.78, 5) is 25.7. The molecule has 7 heteroatoms. The molecule has 0 bridgehead atoms. The first-order valence-electron chi connectivity index (χ1n) is 7.11. The number of aliphatic hydroxyl groups excluding tert-OH is 1. The largest absolute Gasteiger partial charge is 0.502 e. The van der Waals surface area contributed by atoms with Crippen molar-refractivity contribution in [3.05, 3.63) is 53.7 Å². The standard InChI is InChI=1S/C17H15NO6/c1-22-12-6-5-10(8-13(12)23-2)14-15(19)17(21)18(16(14)20)9-11-4-3-7-24-11/h3-8,19H,9H2,1-2H3. The van der Waals surface area contributed by atoms with Crippen molar-refractivity contribution in [1.82, 2.24) is 4.90 Å². The van der Waals surface area contributed by atoms with Crippen LogP contribution in [0, 0.1) is 0 Å². The van der Waals surface area contributed by atoms with Crippen LogP contribution in [0.15, 0.2) is 46.8 Å². The zero-order valence-electron chi connectivity index (χ0n) is 13.1. The summed E-state index contributed by atoms with van der Waals surface area (Å²) >= 11 is 0. The Balaban J connectivity index is 1.96. The van der Waals surface area contributed by atoms with Crippen molar-refractivity contribution in [2.24, 2.45) is 0 Å². The number of furan rings is 1. The van der Waals surface area contributed by atoms with Crippen LogP contribution in [0.25, 0.3) is 5.57 Å². The average Bonchev–Trinajstić information content (AvgIpc) is 3.18. The summed E-state index contributed by atoms with van der Waals surface area (Å²) in [5.74, 6) is -0.648. The summed E-state index contributed by atoms with van der Waals surface area (Å²) in [6, 6.07) is 8.01. The predicted molar refractivity (Wildman–Crippen MR) is 83.4 cm³/mol. The highest BCUT2D eigenvalue weighted by Crippen LogP contribution is 2.34. The Hall–Kier alpha value is -3.22. The molecule has 0 spiro atoms. The van der Waals surface area contributed by atoms with Gasteiger partial charge in [-0.3, -0.25) is 14.5 Å². The van der Waals surface area contributed by atoms with Crippen LogP contribution in [0.3, 0.4) is 0 Å². The van der Waals surface area contributed by atoms with E-state index in [1.54, 1.807) is 24.3 Å². The number of aliphatic hydroxyl groups is 1. The van der Waals surface area contributed by atoms with E-state index < -0.39 is 17.6 Å². The second kappa shape index (κ2) is 6.11. The number of rotatable bonds is 5. The van der Waals surface area contributed by atoms with E-state index in [0.717, 1.165) is 4.90 Å². The zero-order chi connectivity index (χ0) is 17.3. The molecule has 0 atom stereocenters. The molecule has 0 fully saturated rings. The topological polar surface area (TPSA) is 89.2 Å². The van der Waals surface area contributed by atoms with Crippen molar-refractivity contribution in [2.45, 2.75) is 6.54 Å². The zero-order valence-corrected chi connectivity index (χ0v) is 13.1. The molecule has 0 aliphatic carbocycles. The number of amides is 2. The Kier molecular flexibility index (Phi) is 3.99. The smallest absolute Gasteiger partial charge is 0.296 e. The normalized spacial score (nSPS) is 14.5. The highest BCUT2D eigenvalue weighted by molar-refractivity contribution is 6.34. The van der Waals surface area contributed by atoms with Crippen LogP contribution in [0.4, 0.5) is 0 Å². The number of hydrogen-bond acceptors (Lipinski definition) is 6. The van der Waals surface area contributed by atoms with Crippen LogP contribution in [0.5, 0.6) is 11.5 Å². The minimum absolute atomic E-state index is 0.0501. The monoisotopic (exact) mass is 329 g/mol. The summed E-state index contributed by atoms with van der Waals surface area (Å²) in [5.41, 5.74) is 0.290. The van der Waals surface area contributed by atoms with E-state index in [1.165, 1.54) is 26.5 Å². The average molecular weight is 329 g/mol. The fourth-order valence-electron chi connectivity index (χ4n) is 2.52. The number of methoxy groups -OCH3 is 2. The first-order chi connectivity index (χ1) is 11.6. The van der Waals surface area contributed by atoms with E-state index >= 15 is 0 Å². The van der Waals surface area contributed by atoms with Crippen LogP contribution in [-0.2, 0) is 16.1 Å². The molecule has 124 valence electrons. The molecule has 2 heterocycles. The van der Waals surface area contributed by atoms with Gasteiger partial charge in [-0.1, -0.05) is 6.07 Å². The molecule has 2 amide bonds. The lowest BCUT2D eigenvalue weighted by Crippen LogP contribution is -2.30. The predicted octanol–water partition coefficient (Wildman–Crippen LogP) is 2.13. The Labute approximate surface area is 137 Å². The highest BCUT2D eigenvalue weighted by Gasteiger charge is 2.39. The minimum Gasteiger partial charge on any atom is -0.502 e. The molecule has 0 unspecified atom stereocenters. The summed E-state index contributed by atoms with van der Waals surface area (Å²) in [7, 11) is 2.95. The van der Waals surface area contributed by atoms with Gasteiger partial charge in [0, 0.05) is 0 Å². The fraction of sp³-hybridized carbons (Fsp3) is 0.176. The molecule has 24 heavy (non-hydrogen) atoms. The van der Waals surface area contributed by atoms with Crippen LogP contribution < -0.4 is 9.47 Å². The molecular weight excluding hydrogens is 314 g/mol. The maximum absolute atomic E-state index is 12.6. The van der Waals surface area contributed by atoms with E-state index in [-0.39, 0.29) is 12.1 Å². The molecule has 1 aromatic carbocycles. The maximum atomic E-state index is 12.6. The summed E-state index contributed by atoms with van der Waals surface area (Å²) in [6.45, 7) is -0.0501. The number of imide groups is 1. The highest BCUT2D eigenvalue weighted by atomic mass is 16.5. The third kappa shape index (κ3) is 2.50. The van der Waals surface area contributed by atoms with Crippen LogP contribution in [-0.4, -0.2) is 36.0 Å². The van der Waals surface area contributed by atoms with Gasteiger partial charge in [-0.15, -0.1) is 0 Å². The molecular formula is C17H15NO6. The van der Waals surface area contributed by atoms with Gasteiger partial charge in [0.15, 0.2) is 17.3 Å². The number of nitrogens with zero attached hydrogens (tertiary/aromatic N) is 1. The quantitative estimate of drug-likeness (QED) is 0.845. The van der Waals surface area contributed by atoms with Crippen molar-refractivity contribution < 1.29 is 28.6 Å². The first-order valence-corrected chi connectivity index (χ1v) is 7.11. The van der Waals surface area contributed by atoms with Crippen molar-refractivity contribution >= 4 is 17.4 Å². The van der Waals surface area contributed by atoms with E-state index in [1.807, 2.05) is 0 Å². The Morgan fingerprint density at radius 3 is 2.46 bits per heavy atom. The molecule has 0 saturated heterocycles. The lowest BCUT2D eigenvalue weighted by atomic mass is 10.0. The van der Waals surface area contributed by atoms with Gasteiger partial charge in [-0.05, 0) is 29.8 Å². The van der Waals surface area contributed by atoms with Gasteiger partial charge in [0.25, 0.3) is 11.8 Å². The second-order valence-electron chi connectivity index (χ2n) is 5.07. The summed E-state index contributed by atoms with van der Waals surface area (Å²) in [6.07, 6.45) is 1.45. The van der Waals surface area contributed by atoms with Gasteiger partial charge in [0.05, 0.1) is 32.6 Å². The summed E-state index contributed by atoms with van der Waals surface area (Å²) in [5, 5.41) is 10.1. The third-order valence-electron chi connectivity index (χ3n) is 3.71. The van der Waals surface area contributed by atoms with Crippen LogP contribution >= 0.6 is 0 Å². The third-order valence-corrected chi connectivity index (χ3v) is 3.71. The molecule has 1 aliphatic heterocycles. The van der Waals surface area contributed by atoms with E-state index in [2.05, 4.69) is 0 Å². The fourth-order valence-corrected chi connectivity index (χ4v) is 2.52. The number of benzene rings is 1. The minimum atomic E-state index is -0.763. The molecule has 2 aromatic rings. The van der Waals surface area contributed by atoms with Gasteiger partial charge < -0.3 is 19.0 Å². The Morgan fingerprint density at radius 1 is 1.08 bits per heavy atom. The lowest BCUT2D eigenvalue weighted by molar-refractivity contribution is -0.139. The van der Waals surface area contributed by atoms with Gasteiger partial charge >= 0.3 is 0 Å². The lowest BCUT2D eigenvalue weighted by Gasteiger charge is -2.13. The molecule has 1 aromatic heterocycles. The first kappa shape index (κ1) is 15.7. The van der Waals surface area contributed by atoms with E-state index in [0.29, 0.717) is 22.8 Å². The van der Waals surface area contributed by atoms with Crippen molar-refractivity contribution in [3.8, 4) is 11.5 Å². The van der Waals surface area contributed by atoms with Crippen molar-refractivity contribution in [1.29, 1.82) is 0 Å². The molecule has 1 aliphatic rings. The number of ether oxygens (including phenoxy) is 2. The number of hydrogen-bond donors (Lipinski definition) is 1. The molecule has 7 nitrogen and oxygen atoms in total. The molecule has 0 saturated carbocycles. The molecule has 3 rings (SSSR count). The Morgan fingerprint density at radius 2 is 1.83 bits per heavy atom. The van der Waals surface area contributed by atoms with Gasteiger partial charge in [0.2, 0.25) is 0 Å². The van der Waals surface area contributed by atoms with Crippen LogP contribution in [0.2, 0.25) is 0 Å². The van der Waals surface area contributed by atoms with E-state index in [9.17, 15) is 14.7 Å². The molecule has 1 N–H and O–H groups in total. The Bertz CT molecular complexity index is 822.